The van der Waals surface area contributed by atoms with E-state index in [-0.39, 0.29) is 31.3 Å². The van der Waals surface area contributed by atoms with Crippen LogP contribution in [0, 0.1) is 17.8 Å². The van der Waals surface area contributed by atoms with Crippen molar-refractivity contribution in [1.29, 1.82) is 0 Å². The molecule has 0 aromatic rings. The molecule has 1 aliphatic heterocycles. The van der Waals surface area contributed by atoms with Gasteiger partial charge in [0.2, 0.25) is 5.91 Å². The van der Waals surface area contributed by atoms with Gasteiger partial charge in [0.25, 0.3) is 0 Å². The lowest BCUT2D eigenvalue weighted by molar-refractivity contribution is -0.185. The molecule has 2 aliphatic rings. The molecule has 0 spiro atoms. The molecule has 3 nitrogen and oxygen atoms in total. The van der Waals surface area contributed by atoms with Gasteiger partial charge in [-0.15, -0.1) is 0 Å². The van der Waals surface area contributed by atoms with Gasteiger partial charge in [0, 0.05) is 25.6 Å². The highest BCUT2D eigenvalue weighted by Gasteiger charge is 2.43. The van der Waals surface area contributed by atoms with E-state index in [0.29, 0.717) is 38.3 Å². The van der Waals surface area contributed by atoms with Crippen LogP contribution in [0.1, 0.15) is 44.9 Å². The third-order valence-corrected chi connectivity index (χ3v) is 4.91. The van der Waals surface area contributed by atoms with Crippen LogP contribution in [0.3, 0.4) is 0 Å². The number of halogens is 3. The van der Waals surface area contributed by atoms with Crippen molar-refractivity contribution in [3.63, 3.8) is 0 Å². The number of amides is 1. The van der Waals surface area contributed by atoms with Gasteiger partial charge < -0.3 is 10.0 Å². The molecule has 21 heavy (non-hydrogen) atoms. The molecule has 6 heteroatoms. The summed E-state index contributed by atoms with van der Waals surface area (Å²) in [6, 6.07) is 0. The third-order valence-electron chi connectivity index (χ3n) is 4.91. The molecule has 122 valence electrons. The Kier molecular flexibility index (Phi) is 5.52. The van der Waals surface area contributed by atoms with Crippen LogP contribution in [-0.2, 0) is 4.79 Å². The molecule has 1 N–H and O–H groups in total. The lowest BCUT2D eigenvalue weighted by atomic mass is 9.80. The van der Waals surface area contributed by atoms with Gasteiger partial charge in [-0.1, -0.05) is 0 Å². The summed E-state index contributed by atoms with van der Waals surface area (Å²) in [6.45, 7) is 1.49. The summed E-state index contributed by atoms with van der Waals surface area (Å²) in [5.41, 5.74) is 0. The second-order valence-electron chi connectivity index (χ2n) is 6.39. The molecule has 1 saturated heterocycles. The molecule has 1 amide bonds. The highest BCUT2D eigenvalue weighted by molar-refractivity contribution is 5.79. The predicted molar refractivity (Wildman–Crippen MR) is 72.5 cm³/mol. The van der Waals surface area contributed by atoms with Gasteiger partial charge in [0.1, 0.15) is 0 Å². The van der Waals surface area contributed by atoms with Crippen LogP contribution in [0.5, 0.6) is 0 Å². The lowest BCUT2D eigenvalue weighted by Gasteiger charge is -2.37. The van der Waals surface area contributed by atoms with Crippen molar-refractivity contribution in [2.75, 3.05) is 19.7 Å². The zero-order chi connectivity index (χ0) is 15.5. The molecule has 1 heterocycles. The number of carbonyl (C=O) groups excluding carboxylic acids is 1. The number of hydrogen-bond donors (Lipinski definition) is 1. The number of alkyl halides is 3. The maximum Gasteiger partial charge on any atom is 0.391 e. The van der Waals surface area contributed by atoms with E-state index >= 15 is 0 Å². The summed E-state index contributed by atoms with van der Waals surface area (Å²) in [7, 11) is 0. The standard InChI is InChI=1S/C15H24F3NO2/c16-15(17,18)13-5-3-12(4-6-13)14(21)19-8-1-2-11(10-19)7-9-20/h11-13,20H,1-10H2. The van der Waals surface area contributed by atoms with Crippen molar-refractivity contribution in [3.05, 3.63) is 0 Å². The fraction of sp³-hybridized carbons (Fsp3) is 0.933. The molecule has 2 rings (SSSR count). The molecular formula is C15H24F3NO2. The van der Waals surface area contributed by atoms with E-state index in [4.69, 9.17) is 5.11 Å². The molecule has 1 saturated carbocycles. The monoisotopic (exact) mass is 307 g/mol. The van der Waals surface area contributed by atoms with Crippen molar-refractivity contribution in [1.82, 2.24) is 4.90 Å². The van der Waals surface area contributed by atoms with Crippen molar-refractivity contribution < 1.29 is 23.1 Å². The topological polar surface area (TPSA) is 40.5 Å². The van der Waals surface area contributed by atoms with Gasteiger partial charge >= 0.3 is 6.18 Å². The molecule has 2 fully saturated rings. The van der Waals surface area contributed by atoms with Crippen molar-refractivity contribution in [3.8, 4) is 0 Å². The zero-order valence-corrected chi connectivity index (χ0v) is 12.2. The third kappa shape index (κ3) is 4.34. The van der Waals surface area contributed by atoms with Crippen LogP contribution >= 0.6 is 0 Å². The highest BCUT2D eigenvalue weighted by Crippen LogP contribution is 2.40. The molecule has 1 atom stereocenters. The summed E-state index contributed by atoms with van der Waals surface area (Å²) >= 11 is 0. The van der Waals surface area contributed by atoms with Crippen molar-refractivity contribution in [2.45, 2.75) is 51.1 Å². The van der Waals surface area contributed by atoms with Gasteiger partial charge in [-0.3, -0.25) is 4.79 Å². The summed E-state index contributed by atoms with van der Waals surface area (Å²) in [6.07, 6.45) is -0.620. The minimum Gasteiger partial charge on any atom is -0.396 e. The van der Waals surface area contributed by atoms with Crippen LogP contribution in [0.15, 0.2) is 0 Å². The Morgan fingerprint density at radius 3 is 2.38 bits per heavy atom. The van der Waals surface area contributed by atoms with Gasteiger partial charge in [-0.2, -0.15) is 13.2 Å². The summed E-state index contributed by atoms with van der Waals surface area (Å²) in [4.78, 5) is 14.2. The van der Waals surface area contributed by atoms with E-state index in [1.807, 2.05) is 4.90 Å². The Morgan fingerprint density at radius 1 is 1.14 bits per heavy atom. The maximum absolute atomic E-state index is 12.6. The van der Waals surface area contributed by atoms with Gasteiger partial charge in [0.05, 0.1) is 5.92 Å². The Bertz CT molecular complexity index is 349. The van der Waals surface area contributed by atoms with E-state index in [1.54, 1.807) is 0 Å². The number of carbonyl (C=O) groups is 1. The number of piperidine rings is 1. The summed E-state index contributed by atoms with van der Waals surface area (Å²) in [5.74, 6) is -1.11. The summed E-state index contributed by atoms with van der Waals surface area (Å²) < 4.78 is 37.9. The largest absolute Gasteiger partial charge is 0.396 e. The molecule has 1 unspecified atom stereocenters. The van der Waals surface area contributed by atoms with E-state index < -0.39 is 12.1 Å². The fourth-order valence-corrected chi connectivity index (χ4v) is 3.61. The van der Waals surface area contributed by atoms with E-state index in [2.05, 4.69) is 0 Å². The lowest BCUT2D eigenvalue weighted by Crippen LogP contribution is -2.44. The van der Waals surface area contributed by atoms with Crippen LogP contribution in [0.2, 0.25) is 0 Å². The Balaban J connectivity index is 1.84. The van der Waals surface area contributed by atoms with Crippen LogP contribution in [0.4, 0.5) is 13.2 Å². The first-order chi connectivity index (χ1) is 9.91. The fourth-order valence-electron chi connectivity index (χ4n) is 3.61. The number of hydrogen-bond acceptors (Lipinski definition) is 2. The van der Waals surface area contributed by atoms with E-state index in [0.717, 1.165) is 12.8 Å². The Labute approximate surface area is 123 Å². The van der Waals surface area contributed by atoms with Crippen molar-refractivity contribution >= 4 is 5.91 Å². The number of likely N-dealkylation sites (tertiary alicyclic amines) is 1. The number of aliphatic hydroxyl groups is 1. The Hall–Kier alpha value is -0.780. The number of aliphatic hydroxyl groups excluding tert-OH is 1. The smallest absolute Gasteiger partial charge is 0.391 e. The molecule has 0 aromatic heterocycles. The first-order valence-electron chi connectivity index (χ1n) is 7.88. The SMILES string of the molecule is O=C(C1CCC(C(F)(F)F)CC1)N1CCCC(CCO)C1. The van der Waals surface area contributed by atoms with E-state index in [9.17, 15) is 18.0 Å². The summed E-state index contributed by atoms with van der Waals surface area (Å²) in [5, 5.41) is 8.99. The molecule has 0 radical (unpaired) electrons. The second-order valence-corrected chi connectivity index (χ2v) is 6.39. The highest BCUT2D eigenvalue weighted by atomic mass is 19.4. The number of nitrogens with zero attached hydrogens (tertiary/aromatic N) is 1. The van der Waals surface area contributed by atoms with Gasteiger partial charge in [-0.05, 0) is 50.9 Å². The average Bonchev–Trinajstić information content (AvgIpc) is 2.46. The van der Waals surface area contributed by atoms with Gasteiger partial charge in [0.15, 0.2) is 0 Å². The second kappa shape index (κ2) is 6.99. The van der Waals surface area contributed by atoms with Crippen LogP contribution in [-0.4, -0.2) is 41.8 Å². The van der Waals surface area contributed by atoms with Crippen LogP contribution in [0.25, 0.3) is 0 Å². The molecular weight excluding hydrogens is 283 g/mol. The van der Waals surface area contributed by atoms with Crippen molar-refractivity contribution in [2.24, 2.45) is 17.8 Å². The Morgan fingerprint density at radius 2 is 1.81 bits per heavy atom. The van der Waals surface area contributed by atoms with E-state index in [1.165, 1.54) is 0 Å². The molecule has 0 aromatic carbocycles. The predicted octanol–water partition coefficient (Wildman–Crippen LogP) is 2.98. The molecule has 1 aliphatic carbocycles. The quantitative estimate of drug-likeness (QED) is 0.871. The zero-order valence-electron chi connectivity index (χ0n) is 12.2. The molecule has 0 bridgehead atoms. The van der Waals surface area contributed by atoms with Crippen LogP contribution < -0.4 is 0 Å². The number of rotatable bonds is 3. The average molecular weight is 307 g/mol. The first kappa shape index (κ1) is 16.6. The maximum atomic E-state index is 12.6. The minimum absolute atomic E-state index is 0.0262. The first-order valence-corrected chi connectivity index (χ1v) is 7.88. The minimum atomic E-state index is -4.12. The van der Waals surface area contributed by atoms with Gasteiger partial charge in [-0.25, -0.2) is 0 Å². The normalized spacial score (nSPS) is 31.2.